The van der Waals surface area contributed by atoms with Gasteiger partial charge in [0.15, 0.2) is 5.82 Å². The van der Waals surface area contributed by atoms with Crippen molar-refractivity contribution >= 4 is 0 Å². The fraction of sp³-hybridized carbons (Fsp3) is 0.556. The minimum absolute atomic E-state index is 0.180. The maximum absolute atomic E-state index is 13.4. The van der Waals surface area contributed by atoms with Crippen molar-refractivity contribution in [2.75, 3.05) is 13.2 Å². The van der Waals surface area contributed by atoms with E-state index < -0.39 is 0 Å². The van der Waals surface area contributed by atoms with Crippen LogP contribution in [0.4, 0.5) is 4.39 Å². The molecule has 0 saturated carbocycles. The lowest BCUT2D eigenvalue weighted by Crippen LogP contribution is -2.30. The third-order valence-electron chi connectivity index (χ3n) is 4.15. The van der Waals surface area contributed by atoms with Gasteiger partial charge in [-0.15, -0.1) is 0 Å². The van der Waals surface area contributed by atoms with Crippen molar-refractivity contribution in [3.63, 3.8) is 0 Å². The summed E-state index contributed by atoms with van der Waals surface area (Å²) in [6, 6.07) is 5.01. The fourth-order valence-electron chi connectivity index (χ4n) is 2.82. The smallest absolute Gasteiger partial charge is 0.240 e. The Morgan fingerprint density at radius 1 is 1.29 bits per heavy atom. The molecule has 0 spiro atoms. The van der Waals surface area contributed by atoms with Crippen LogP contribution in [0.1, 0.15) is 49.7 Å². The number of hydrogen-bond donors (Lipinski definition) is 0. The second-order valence-corrected chi connectivity index (χ2v) is 6.79. The van der Waals surface area contributed by atoms with Crippen LogP contribution in [-0.4, -0.2) is 28.2 Å². The van der Waals surface area contributed by atoms with E-state index in [1.54, 1.807) is 6.07 Å². The Morgan fingerprint density at radius 3 is 2.92 bits per heavy atom. The molecule has 1 atom stereocenters. The van der Waals surface area contributed by atoms with Crippen LogP contribution in [0, 0.1) is 11.7 Å². The molecule has 6 heteroatoms. The molecule has 0 radical (unpaired) electrons. The van der Waals surface area contributed by atoms with Crippen molar-refractivity contribution in [3.05, 3.63) is 46.9 Å². The number of benzene rings is 1. The van der Waals surface area contributed by atoms with E-state index in [0.29, 0.717) is 37.3 Å². The van der Waals surface area contributed by atoms with E-state index in [0.717, 1.165) is 18.5 Å². The monoisotopic (exact) mass is 333 g/mol. The van der Waals surface area contributed by atoms with E-state index in [1.807, 2.05) is 13.0 Å². The molecule has 24 heavy (non-hydrogen) atoms. The summed E-state index contributed by atoms with van der Waals surface area (Å²) in [7, 11) is 0. The van der Waals surface area contributed by atoms with E-state index >= 15 is 0 Å². The maximum Gasteiger partial charge on any atom is 0.240 e. The van der Waals surface area contributed by atoms with Crippen molar-refractivity contribution in [3.8, 4) is 0 Å². The van der Waals surface area contributed by atoms with Gasteiger partial charge >= 0.3 is 0 Å². The molecule has 0 bridgehead atoms. The van der Waals surface area contributed by atoms with Crippen molar-refractivity contribution in [1.82, 2.24) is 15.0 Å². The molecule has 1 aliphatic rings. The lowest BCUT2D eigenvalue weighted by atomic mass is 10.00. The summed E-state index contributed by atoms with van der Waals surface area (Å²) in [5, 5.41) is 4.02. The third kappa shape index (κ3) is 4.19. The van der Waals surface area contributed by atoms with Gasteiger partial charge in [0, 0.05) is 19.7 Å². The molecule has 1 aliphatic heterocycles. The Labute approximate surface area is 141 Å². The van der Waals surface area contributed by atoms with E-state index in [9.17, 15) is 4.39 Å². The quantitative estimate of drug-likeness (QED) is 0.810. The van der Waals surface area contributed by atoms with E-state index in [4.69, 9.17) is 9.26 Å². The molecule has 0 amide bonds. The van der Waals surface area contributed by atoms with Gasteiger partial charge in [0.25, 0.3) is 0 Å². The zero-order valence-corrected chi connectivity index (χ0v) is 14.5. The predicted molar refractivity (Wildman–Crippen MR) is 87.7 cm³/mol. The molecule has 1 unspecified atom stereocenters. The first-order chi connectivity index (χ1) is 11.5. The lowest BCUT2D eigenvalue weighted by molar-refractivity contribution is 0.0402. The van der Waals surface area contributed by atoms with Crippen LogP contribution in [0.25, 0.3) is 0 Å². The van der Waals surface area contributed by atoms with E-state index in [1.165, 1.54) is 11.6 Å². The average molecular weight is 333 g/mol. The Balaban J connectivity index is 1.59. The largest absolute Gasteiger partial charge is 0.370 e. The highest BCUT2D eigenvalue weighted by molar-refractivity contribution is 5.29. The SMILES string of the molecule is CC(C)COC(C)c1noc(CN2CCc3ccc(F)cc3C2)n1. The maximum atomic E-state index is 13.4. The fourth-order valence-corrected chi connectivity index (χ4v) is 2.82. The summed E-state index contributed by atoms with van der Waals surface area (Å²) in [6.07, 6.45) is 0.728. The van der Waals surface area contributed by atoms with Crippen LogP contribution in [0.3, 0.4) is 0 Å². The Kier molecular flexibility index (Phi) is 5.26. The van der Waals surface area contributed by atoms with Crippen LogP contribution in [0.15, 0.2) is 22.7 Å². The highest BCUT2D eigenvalue weighted by atomic mass is 19.1. The number of fused-ring (bicyclic) bond motifs is 1. The third-order valence-corrected chi connectivity index (χ3v) is 4.15. The summed E-state index contributed by atoms with van der Waals surface area (Å²) < 4.78 is 24.5. The van der Waals surface area contributed by atoms with Gasteiger partial charge in [-0.2, -0.15) is 4.98 Å². The van der Waals surface area contributed by atoms with Gasteiger partial charge in [0.2, 0.25) is 5.89 Å². The second-order valence-electron chi connectivity index (χ2n) is 6.79. The Hall–Kier alpha value is -1.79. The number of rotatable bonds is 6. The standard InChI is InChI=1S/C18H24FN3O2/c1-12(2)11-23-13(3)18-20-17(24-21-18)10-22-7-6-14-4-5-16(19)8-15(14)9-22/h4-5,8,12-13H,6-7,9-11H2,1-3H3. The van der Waals surface area contributed by atoms with Gasteiger partial charge in [-0.05, 0) is 42.5 Å². The highest BCUT2D eigenvalue weighted by Crippen LogP contribution is 2.22. The Morgan fingerprint density at radius 2 is 2.12 bits per heavy atom. The molecular formula is C18H24FN3O2. The summed E-state index contributed by atoms with van der Waals surface area (Å²) in [4.78, 5) is 6.63. The Bertz CT molecular complexity index is 687. The number of halogens is 1. The molecule has 0 N–H and O–H groups in total. The van der Waals surface area contributed by atoms with Crippen molar-refractivity contribution in [2.45, 2.75) is 46.4 Å². The van der Waals surface area contributed by atoms with Crippen LogP contribution in [-0.2, 0) is 24.2 Å². The predicted octanol–water partition coefficient (Wildman–Crippen LogP) is 3.50. The van der Waals surface area contributed by atoms with Gasteiger partial charge in [-0.25, -0.2) is 4.39 Å². The molecule has 2 heterocycles. The van der Waals surface area contributed by atoms with Crippen molar-refractivity contribution in [1.29, 1.82) is 0 Å². The first-order valence-electron chi connectivity index (χ1n) is 8.45. The normalized spacial score (nSPS) is 16.4. The number of ether oxygens (including phenoxy) is 1. The molecular weight excluding hydrogens is 309 g/mol. The van der Waals surface area contributed by atoms with Gasteiger partial charge in [-0.3, -0.25) is 4.90 Å². The number of aromatic nitrogens is 2. The summed E-state index contributed by atoms with van der Waals surface area (Å²) in [5.41, 5.74) is 2.25. The average Bonchev–Trinajstić information content (AvgIpc) is 3.00. The molecule has 130 valence electrons. The second kappa shape index (κ2) is 7.40. The first kappa shape index (κ1) is 17.0. The first-order valence-corrected chi connectivity index (χ1v) is 8.45. The lowest BCUT2D eigenvalue weighted by Gasteiger charge is -2.27. The number of hydrogen-bond acceptors (Lipinski definition) is 5. The minimum Gasteiger partial charge on any atom is -0.370 e. The van der Waals surface area contributed by atoms with Crippen LogP contribution in [0.5, 0.6) is 0 Å². The number of nitrogens with zero attached hydrogens (tertiary/aromatic N) is 3. The molecule has 0 fully saturated rings. The molecule has 5 nitrogen and oxygen atoms in total. The zero-order chi connectivity index (χ0) is 17.1. The molecule has 1 aromatic carbocycles. The van der Waals surface area contributed by atoms with E-state index in [-0.39, 0.29) is 11.9 Å². The van der Waals surface area contributed by atoms with Crippen molar-refractivity contribution in [2.24, 2.45) is 5.92 Å². The zero-order valence-electron chi connectivity index (χ0n) is 14.5. The van der Waals surface area contributed by atoms with Gasteiger partial charge in [0.1, 0.15) is 11.9 Å². The van der Waals surface area contributed by atoms with E-state index in [2.05, 4.69) is 28.9 Å². The van der Waals surface area contributed by atoms with Crippen LogP contribution < -0.4 is 0 Å². The molecule has 2 aromatic rings. The highest BCUT2D eigenvalue weighted by Gasteiger charge is 2.20. The molecule has 0 aliphatic carbocycles. The summed E-state index contributed by atoms with van der Waals surface area (Å²) >= 11 is 0. The molecule has 1 aromatic heterocycles. The minimum atomic E-state index is -0.188. The van der Waals surface area contributed by atoms with Crippen LogP contribution in [0.2, 0.25) is 0 Å². The molecule has 3 rings (SSSR count). The topological polar surface area (TPSA) is 51.4 Å². The molecule has 0 saturated heterocycles. The van der Waals surface area contributed by atoms with Crippen molar-refractivity contribution < 1.29 is 13.7 Å². The summed E-state index contributed by atoms with van der Waals surface area (Å²) in [6.45, 7) is 8.97. The summed E-state index contributed by atoms with van der Waals surface area (Å²) in [5.74, 6) is 1.43. The van der Waals surface area contributed by atoms with Crippen LogP contribution >= 0.6 is 0 Å². The van der Waals surface area contributed by atoms with Gasteiger partial charge in [0.05, 0.1) is 6.54 Å². The van der Waals surface area contributed by atoms with Gasteiger partial charge < -0.3 is 9.26 Å². The van der Waals surface area contributed by atoms with Gasteiger partial charge in [-0.1, -0.05) is 25.1 Å².